The van der Waals surface area contributed by atoms with Crippen LogP contribution in [0.5, 0.6) is 5.75 Å². The Bertz CT molecular complexity index is 410. The summed E-state index contributed by atoms with van der Waals surface area (Å²) in [7, 11) is 3.62. The summed E-state index contributed by atoms with van der Waals surface area (Å²) in [6.45, 7) is 4.55. The van der Waals surface area contributed by atoms with Crippen molar-refractivity contribution < 1.29 is 9.53 Å². The molecule has 1 rings (SSSR count). The Morgan fingerprint density at radius 3 is 2.78 bits per heavy atom. The van der Waals surface area contributed by atoms with Gasteiger partial charge in [0, 0.05) is 18.7 Å². The lowest BCUT2D eigenvalue weighted by atomic mass is 10.2. The molecule has 0 aliphatic heterocycles. The summed E-state index contributed by atoms with van der Waals surface area (Å²) in [6, 6.07) is 5.29. The highest BCUT2D eigenvalue weighted by molar-refractivity contribution is 9.10. The second kappa shape index (κ2) is 7.38. The van der Waals surface area contributed by atoms with E-state index < -0.39 is 0 Å². The van der Waals surface area contributed by atoms with Crippen molar-refractivity contribution in [1.29, 1.82) is 0 Å². The molecule has 18 heavy (non-hydrogen) atoms. The first-order valence-electron chi connectivity index (χ1n) is 5.88. The number of hydrogen-bond acceptors (Lipinski definition) is 3. The predicted molar refractivity (Wildman–Crippen MR) is 76.2 cm³/mol. The smallest absolute Gasteiger partial charge is 0.251 e. The zero-order chi connectivity index (χ0) is 13.5. The molecule has 4 nitrogen and oxygen atoms in total. The number of carbonyl (C=O) groups is 1. The molecule has 0 saturated carbocycles. The van der Waals surface area contributed by atoms with Crippen molar-refractivity contribution in [2.45, 2.75) is 6.92 Å². The van der Waals surface area contributed by atoms with E-state index in [1.807, 2.05) is 7.05 Å². The number of amides is 1. The fourth-order valence-electron chi connectivity index (χ4n) is 1.43. The van der Waals surface area contributed by atoms with Crippen LogP contribution in [-0.2, 0) is 0 Å². The van der Waals surface area contributed by atoms with E-state index in [0.29, 0.717) is 12.1 Å². The van der Waals surface area contributed by atoms with Gasteiger partial charge in [-0.2, -0.15) is 0 Å². The van der Waals surface area contributed by atoms with Gasteiger partial charge in [-0.15, -0.1) is 0 Å². The van der Waals surface area contributed by atoms with Gasteiger partial charge in [0.05, 0.1) is 11.6 Å². The average Bonchev–Trinajstić information content (AvgIpc) is 2.38. The van der Waals surface area contributed by atoms with Gasteiger partial charge in [-0.05, 0) is 47.7 Å². The molecule has 1 N–H and O–H groups in total. The molecule has 0 aliphatic rings. The molecule has 0 fully saturated rings. The molecule has 0 radical (unpaired) electrons. The second-order valence-electron chi connectivity index (χ2n) is 4.00. The summed E-state index contributed by atoms with van der Waals surface area (Å²) in [5.41, 5.74) is 0.627. The van der Waals surface area contributed by atoms with Crippen molar-refractivity contribution in [1.82, 2.24) is 10.2 Å². The molecule has 1 aromatic rings. The number of benzene rings is 1. The van der Waals surface area contributed by atoms with Crippen LogP contribution >= 0.6 is 15.9 Å². The summed E-state index contributed by atoms with van der Waals surface area (Å²) in [5.74, 6) is 0.653. The fraction of sp³-hybridized carbons (Fsp3) is 0.462. The first-order chi connectivity index (χ1) is 8.58. The van der Waals surface area contributed by atoms with E-state index >= 15 is 0 Å². The molecule has 5 heteroatoms. The van der Waals surface area contributed by atoms with Crippen molar-refractivity contribution >= 4 is 21.8 Å². The molecule has 100 valence electrons. The fourth-order valence-corrected chi connectivity index (χ4v) is 1.97. The van der Waals surface area contributed by atoms with Crippen LogP contribution in [0.25, 0.3) is 0 Å². The predicted octanol–water partition coefficient (Wildman–Crippen LogP) is 2.14. The largest absolute Gasteiger partial charge is 0.496 e. The molecule has 1 amide bonds. The normalized spacial score (nSPS) is 10.5. The molecule has 0 unspecified atom stereocenters. The van der Waals surface area contributed by atoms with E-state index in [-0.39, 0.29) is 5.91 Å². The molecular weight excluding hydrogens is 296 g/mol. The summed E-state index contributed by atoms with van der Waals surface area (Å²) < 4.78 is 5.90. The van der Waals surface area contributed by atoms with Gasteiger partial charge in [-0.1, -0.05) is 6.92 Å². The van der Waals surface area contributed by atoms with E-state index in [1.165, 1.54) is 0 Å². The van der Waals surface area contributed by atoms with E-state index in [2.05, 4.69) is 33.1 Å². The number of rotatable bonds is 6. The summed E-state index contributed by atoms with van der Waals surface area (Å²) in [5, 5.41) is 2.89. The van der Waals surface area contributed by atoms with Crippen molar-refractivity contribution in [2.24, 2.45) is 0 Å². The van der Waals surface area contributed by atoms with Gasteiger partial charge in [0.2, 0.25) is 0 Å². The minimum absolute atomic E-state index is 0.0668. The summed E-state index contributed by atoms with van der Waals surface area (Å²) in [6.07, 6.45) is 0. The van der Waals surface area contributed by atoms with Gasteiger partial charge < -0.3 is 15.0 Å². The van der Waals surface area contributed by atoms with Gasteiger partial charge in [0.15, 0.2) is 0 Å². The number of carbonyl (C=O) groups excluding carboxylic acids is 1. The Morgan fingerprint density at radius 1 is 1.50 bits per heavy atom. The third-order valence-electron chi connectivity index (χ3n) is 2.73. The van der Waals surface area contributed by atoms with Gasteiger partial charge >= 0.3 is 0 Å². The van der Waals surface area contributed by atoms with Gasteiger partial charge in [-0.25, -0.2) is 0 Å². The van der Waals surface area contributed by atoms with E-state index in [9.17, 15) is 4.79 Å². The number of methoxy groups -OCH3 is 1. The van der Waals surface area contributed by atoms with Crippen molar-refractivity contribution in [3.05, 3.63) is 28.2 Å². The van der Waals surface area contributed by atoms with E-state index in [0.717, 1.165) is 23.3 Å². The molecule has 1 aromatic carbocycles. The second-order valence-corrected chi connectivity index (χ2v) is 4.86. The zero-order valence-corrected chi connectivity index (χ0v) is 12.6. The van der Waals surface area contributed by atoms with E-state index in [4.69, 9.17) is 4.74 Å². The molecule has 0 spiro atoms. The summed E-state index contributed by atoms with van der Waals surface area (Å²) in [4.78, 5) is 14.0. The molecule has 0 bridgehead atoms. The Balaban J connectivity index is 2.54. The van der Waals surface area contributed by atoms with Crippen molar-refractivity contribution in [3.8, 4) is 5.75 Å². The highest BCUT2D eigenvalue weighted by Crippen LogP contribution is 2.25. The quantitative estimate of drug-likeness (QED) is 0.874. The number of nitrogens with zero attached hydrogens (tertiary/aromatic N) is 1. The van der Waals surface area contributed by atoms with Crippen LogP contribution in [0.1, 0.15) is 17.3 Å². The average molecular weight is 315 g/mol. The standard InChI is InChI=1S/C13H19BrN2O2/c1-4-16(2)8-7-15-13(17)10-5-6-12(18-3)11(14)9-10/h5-6,9H,4,7-8H2,1-3H3,(H,15,17). The number of hydrogen-bond donors (Lipinski definition) is 1. The van der Waals surface area contributed by atoms with Crippen LogP contribution < -0.4 is 10.1 Å². The van der Waals surface area contributed by atoms with Crippen molar-refractivity contribution in [2.75, 3.05) is 33.8 Å². The van der Waals surface area contributed by atoms with Crippen LogP contribution in [0.3, 0.4) is 0 Å². The highest BCUT2D eigenvalue weighted by Gasteiger charge is 2.08. The Morgan fingerprint density at radius 2 is 2.22 bits per heavy atom. The number of halogens is 1. The topological polar surface area (TPSA) is 41.6 Å². The molecule has 0 saturated heterocycles. The van der Waals surface area contributed by atoms with Gasteiger partial charge in [-0.3, -0.25) is 4.79 Å². The maximum atomic E-state index is 11.9. The van der Waals surface area contributed by atoms with Gasteiger partial charge in [0.25, 0.3) is 5.91 Å². The molecular formula is C13H19BrN2O2. The minimum Gasteiger partial charge on any atom is -0.496 e. The number of ether oxygens (including phenoxy) is 1. The highest BCUT2D eigenvalue weighted by atomic mass is 79.9. The third-order valence-corrected chi connectivity index (χ3v) is 3.35. The molecule has 0 atom stereocenters. The van der Waals surface area contributed by atoms with Crippen molar-refractivity contribution in [3.63, 3.8) is 0 Å². The SMILES string of the molecule is CCN(C)CCNC(=O)c1ccc(OC)c(Br)c1. The molecule has 0 aliphatic carbocycles. The Hall–Kier alpha value is -1.07. The molecule has 0 aromatic heterocycles. The van der Waals surface area contributed by atoms with Crippen LogP contribution in [0.4, 0.5) is 0 Å². The maximum Gasteiger partial charge on any atom is 0.251 e. The van der Waals surface area contributed by atoms with E-state index in [1.54, 1.807) is 25.3 Å². The van der Waals surface area contributed by atoms with Crippen LogP contribution in [-0.4, -0.2) is 44.6 Å². The first-order valence-corrected chi connectivity index (χ1v) is 6.68. The Kier molecular flexibility index (Phi) is 6.15. The Labute approximate surface area is 116 Å². The third kappa shape index (κ3) is 4.31. The van der Waals surface area contributed by atoms with Crippen LogP contribution in [0.2, 0.25) is 0 Å². The van der Waals surface area contributed by atoms with Crippen LogP contribution in [0, 0.1) is 0 Å². The lowest BCUT2D eigenvalue weighted by molar-refractivity contribution is 0.0950. The van der Waals surface area contributed by atoms with Crippen LogP contribution in [0.15, 0.2) is 22.7 Å². The number of likely N-dealkylation sites (N-methyl/N-ethyl adjacent to an activating group) is 1. The molecule has 0 heterocycles. The first kappa shape index (κ1) is 15.0. The van der Waals surface area contributed by atoms with Gasteiger partial charge in [0.1, 0.15) is 5.75 Å². The zero-order valence-electron chi connectivity index (χ0n) is 11.0. The number of nitrogens with one attached hydrogen (secondary N) is 1. The monoisotopic (exact) mass is 314 g/mol. The lowest BCUT2D eigenvalue weighted by Gasteiger charge is -2.14. The lowest BCUT2D eigenvalue weighted by Crippen LogP contribution is -2.32. The summed E-state index contributed by atoms with van der Waals surface area (Å²) >= 11 is 3.36. The maximum absolute atomic E-state index is 11.9. The minimum atomic E-state index is -0.0668.